The number of ether oxygens (including phenoxy) is 1. The summed E-state index contributed by atoms with van der Waals surface area (Å²) < 4.78 is 5.61. The van der Waals surface area contributed by atoms with E-state index in [9.17, 15) is 20.0 Å². The molecule has 0 heterocycles. The molecule has 2 N–H and O–H groups in total. The van der Waals surface area contributed by atoms with Gasteiger partial charge in [0.05, 0.1) is 11.0 Å². The zero-order chi connectivity index (χ0) is 14.6. The normalized spacial score (nSPS) is 11.8. The Hall–Kier alpha value is -1.67. The van der Waals surface area contributed by atoms with E-state index >= 15 is 0 Å². The van der Waals surface area contributed by atoms with Gasteiger partial charge in [0.2, 0.25) is 5.75 Å². The van der Waals surface area contributed by atoms with Crippen LogP contribution in [0.5, 0.6) is 5.75 Å². The van der Waals surface area contributed by atoms with Crippen molar-refractivity contribution in [3.63, 3.8) is 0 Å². The van der Waals surface area contributed by atoms with Gasteiger partial charge in [-0.25, -0.2) is 0 Å². The van der Waals surface area contributed by atoms with Crippen molar-refractivity contribution >= 4 is 27.5 Å². The number of aliphatic hydroxyl groups is 1. The second-order valence-electron chi connectivity index (χ2n) is 3.74. The minimum Gasteiger partial charge on any atom is -0.476 e. The van der Waals surface area contributed by atoms with Crippen molar-refractivity contribution in [3.8, 4) is 5.75 Å². The lowest BCUT2D eigenvalue weighted by Gasteiger charge is -2.13. The van der Waals surface area contributed by atoms with Crippen LogP contribution in [-0.2, 0) is 4.79 Å². The summed E-state index contributed by atoms with van der Waals surface area (Å²) in [6, 6.07) is 2.77. The molecule has 0 fully saturated rings. The number of carbonyl (C=O) groups is 1. The maximum atomic E-state index is 11.1. The van der Waals surface area contributed by atoms with Crippen LogP contribution in [-0.4, -0.2) is 29.6 Å². The van der Waals surface area contributed by atoms with Gasteiger partial charge in [0.25, 0.3) is 5.91 Å². The molecular formula is C11H13BrN2O5. The molecule has 0 saturated heterocycles. The first-order valence-corrected chi connectivity index (χ1v) is 6.15. The number of nitrogens with zero attached hydrogens (tertiary/aromatic N) is 1. The lowest BCUT2D eigenvalue weighted by Crippen LogP contribution is -2.25. The number of aliphatic hydroxyl groups excluding tert-OH is 1. The summed E-state index contributed by atoms with van der Waals surface area (Å²) >= 11 is 3.13. The van der Waals surface area contributed by atoms with Crippen LogP contribution >= 0.6 is 15.9 Å². The monoisotopic (exact) mass is 332 g/mol. The smallest absolute Gasteiger partial charge is 0.312 e. The van der Waals surface area contributed by atoms with Gasteiger partial charge in [-0.3, -0.25) is 14.9 Å². The fourth-order valence-corrected chi connectivity index (χ4v) is 1.88. The summed E-state index contributed by atoms with van der Waals surface area (Å²) in [6.07, 6.45) is -0.962. The number of amides is 1. The summed E-state index contributed by atoms with van der Waals surface area (Å²) in [5.74, 6) is -0.527. The highest BCUT2D eigenvalue weighted by Crippen LogP contribution is 2.37. The minimum absolute atomic E-state index is 0.105. The average Bonchev–Trinajstić information content (AvgIpc) is 2.35. The molecule has 1 atom stereocenters. The van der Waals surface area contributed by atoms with E-state index < -0.39 is 16.9 Å². The molecule has 0 saturated carbocycles. The van der Waals surface area contributed by atoms with E-state index in [1.165, 1.54) is 26.1 Å². The molecule has 1 aromatic rings. The molecule has 7 nitrogen and oxygen atoms in total. The van der Waals surface area contributed by atoms with E-state index in [1.54, 1.807) is 0 Å². The third kappa shape index (κ3) is 3.90. The van der Waals surface area contributed by atoms with Crippen molar-refractivity contribution in [2.45, 2.75) is 13.0 Å². The minimum atomic E-state index is -0.962. The van der Waals surface area contributed by atoms with Crippen LogP contribution in [0.15, 0.2) is 16.6 Å². The van der Waals surface area contributed by atoms with Crippen molar-refractivity contribution in [2.24, 2.45) is 0 Å². The summed E-state index contributed by atoms with van der Waals surface area (Å²) in [6.45, 7) is 1.09. The van der Waals surface area contributed by atoms with Crippen molar-refractivity contribution in [1.29, 1.82) is 0 Å². The quantitative estimate of drug-likeness (QED) is 0.629. The summed E-state index contributed by atoms with van der Waals surface area (Å²) in [4.78, 5) is 21.5. The Morgan fingerprint density at radius 3 is 2.74 bits per heavy atom. The van der Waals surface area contributed by atoms with Gasteiger partial charge < -0.3 is 15.2 Å². The van der Waals surface area contributed by atoms with E-state index in [1.807, 2.05) is 0 Å². The number of likely N-dealkylation sites (N-methyl/N-ethyl adjacent to an activating group) is 1. The predicted octanol–water partition coefficient (Wildman–Crippen LogP) is 1.54. The fourth-order valence-electron chi connectivity index (χ4n) is 1.41. The molecule has 1 aromatic carbocycles. The number of hydrogen-bond acceptors (Lipinski definition) is 5. The number of carbonyl (C=O) groups excluding carboxylic acids is 1. The van der Waals surface area contributed by atoms with Crippen LogP contribution in [0.3, 0.4) is 0 Å². The lowest BCUT2D eigenvalue weighted by atomic mass is 10.1. The van der Waals surface area contributed by atoms with Crippen molar-refractivity contribution in [3.05, 3.63) is 32.3 Å². The van der Waals surface area contributed by atoms with E-state index in [0.717, 1.165) is 0 Å². The molecule has 0 aliphatic heterocycles. The predicted molar refractivity (Wildman–Crippen MR) is 71.0 cm³/mol. The van der Waals surface area contributed by atoms with Crippen molar-refractivity contribution < 1.29 is 19.6 Å². The summed E-state index contributed by atoms with van der Waals surface area (Å²) in [5, 5.41) is 23.0. The molecule has 1 amide bonds. The summed E-state index contributed by atoms with van der Waals surface area (Å²) in [7, 11) is 1.43. The molecule has 0 bridgehead atoms. The number of nitro benzene ring substituents is 1. The zero-order valence-electron chi connectivity index (χ0n) is 10.3. The summed E-state index contributed by atoms with van der Waals surface area (Å²) in [5.41, 5.74) is -0.0702. The Labute approximate surface area is 117 Å². The van der Waals surface area contributed by atoms with Crippen LogP contribution in [0.1, 0.15) is 18.6 Å². The highest BCUT2D eigenvalue weighted by atomic mass is 79.9. The van der Waals surface area contributed by atoms with Gasteiger partial charge in [0.1, 0.15) is 0 Å². The van der Waals surface area contributed by atoms with Gasteiger partial charge in [0, 0.05) is 23.2 Å². The van der Waals surface area contributed by atoms with Crippen molar-refractivity contribution in [1.82, 2.24) is 5.32 Å². The maximum Gasteiger partial charge on any atom is 0.312 e. The topological polar surface area (TPSA) is 102 Å². The molecule has 104 valence electrons. The molecule has 0 unspecified atom stereocenters. The van der Waals surface area contributed by atoms with Gasteiger partial charge in [-0.1, -0.05) is 15.9 Å². The Morgan fingerprint density at radius 1 is 1.63 bits per heavy atom. The Bertz CT molecular complexity index is 504. The van der Waals surface area contributed by atoms with E-state index in [2.05, 4.69) is 21.2 Å². The molecule has 19 heavy (non-hydrogen) atoms. The van der Waals surface area contributed by atoms with Gasteiger partial charge in [0.15, 0.2) is 6.61 Å². The van der Waals surface area contributed by atoms with Gasteiger partial charge >= 0.3 is 5.69 Å². The van der Waals surface area contributed by atoms with Crippen LogP contribution in [0.2, 0.25) is 0 Å². The highest BCUT2D eigenvalue weighted by molar-refractivity contribution is 9.10. The van der Waals surface area contributed by atoms with Gasteiger partial charge in [-0.05, 0) is 13.0 Å². The number of rotatable bonds is 5. The SMILES string of the molecule is CNC(=O)COc1c([C@H](C)O)cc(Br)cc1[N+](=O)[O-]. The second-order valence-corrected chi connectivity index (χ2v) is 4.65. The van der Waals surface area contributed by atoms with E-state index in [-0.39, 0.29) is 23.6 Å². The van der Waals surface area contributed by atoms with Crippen LogP contribution < -0.4 is 10.1 Å². The van der Waals surface area contributed by atoms with Gasteiger partial charge in [-0.15, -0.1) is 0 Å². The molecular weight excluding hydrogens is 320 g/mol. The maximum absolute atomic E-state index is 11.1. The average molecular weight is 333 g/mol. The molecule has 0 aliphatic rings. The van der Waals surface area contributed by atoms with Crippen molar-refractivity contribution in [2.75, 3.05) is 13.7 Å². The second kappa shape index (κ2) is 6.48. The number of halogens is 1. The fraction of sp³-hybridized carbons (Fsp3) is 0.364. The number of benzene rings is 1. The molecule has 8 heteroatoms. The van der Waals surface area contributed by atoms with E-state index in [0.29, 0.717) is 4.47 Å². The number of nitrogens with one attached hydrogen (secondary N) is 1. The molecule has 0 radical (unpaired) electrons. The lowest BCUT2D eigenvalue weighted by molar-refractivity contribution is -0.386. The standard InChI is InChI=1S/C11H13BrN2O5/c1-6(15)8-3-7(12)4-9(14(17)18)11(8)19-5-10(16)13-2/h3-4,6,15H,5H2,1-2H3,(H,13,16)/t6-/m0/s1. The Balaban J connectivity index is 3.23. The third-order valence-corrected chi connectivity index (χ3v) is 2.79. The number of nitro groups is 1. The Kier molecular flexibility index (Phi) is 5.25. The molecule has 0 spiro atoms. The van der Waals surface area contributed by atoms with Crippen LogP contribution in [0.25, 0.3) is 0 Å². The third-order valence-electron chi connectivity index (χ3n) is 2.34. The largest absolute Gasteiger partial charge is 0.476 e. The zero-order valence-corrected chi connectivity index (χ0v) is 11.9. The molecule has 1 rings (SSSR count). The van der Waals surface area contributed by atoms with Crippen LogP contribution in [0, 0.1) is 10.1 Å². The first-order valence-electron chi connectivity index (χ1n) is 5.36. The highest BCUT2D eigenvalue weighted by Gasteiger charge is 2.23. The first kappa shape index (κ1) is 15.4. The molecule has 0 aliphatic carbocycles. The number of hydrogen-bond donors (Lipinski definition) is 2. The van der Waals surface area contributed by atoms with E-state index in [4.69, 9.17) is 4.74 Å². The van der Waals surface area contributed by atoms with Crippen LogP contribution in [0.4, 0.5) is 5.69 Å². The van der Waals surface area contributed by atoms with Gasteiger partial charge in [-0.2, -0.15) is 0 Å². The Morgan fingerprint density at radius 2 is 2.26 bits per heavy atom. The first-order chi connectivity index (χ1) is 8.86. The molecule has 0 aromatic heterocycles.